The third kappa shape index (κ3) is 4.13. The highest BCUT2D eigenvalue weighted by Gasteiger charge is 2.11. The van der Waals surface area contributed by atoms with Gasteiger partial charge in [-0.15, -0.1) is 0 Å². The van der Waals surface area contributed by atoms with Crippen LogP contribution in [0.3, 0.4) is 0 Å². The quantitative estimate of drug-likeness (QED) is 0.692. The molecule has 5 heteroatoms. The van der Waals surface area contributed by atoms with Crippen LogP contribution in [0.15, 0.2) is 60.9 Å². The molecule has 4 rings (SSSR count). The van der Waals surface area contributed by atoms with Crippen LogP contribution in [0.5, 0.6) is 0 Å². The molecule has 1 aromatic heterocycles. The Bertz CT molecular complexity index is 1030. The molecule has 3 aromatic rings. The number of amides is 1. The fourth-order valence-electron chi connectivity index (χ4n) is 2.99. The second-order valence-electron chi connectivity index (χ2n) is 6.26. The summed E-state index contributed by atoms with van der Waals surface area (Å²) in [4.78, 5) is 20.8. The number of aromatic nitrogens is 2. The van der Waals surface area contributed by atoms with Gasteiger partial charge in [0.05, 0.1) is 0 Å². The van der Waals surface area contributed by atoms with Gasteiger partial charge in [-0.25, -0.2) is 9.97 Å². The Kier molecular flexibility index (Phi) is 4.80. The summed E-state index contributed by atoms with van der Waals surface area (Å²) in [7, 11) is 0. The van der Waals surface area contributed by atoms with E-state index in [1.54, 1.807) is 30.6 Å². The van der Waals surface area contributed by atoms with E-state index in [1.807, 2.05) is 30.3 Å². The summed E-state index contributed by atoms with van der Waals surface area (Å²) in [6.07, 6.45) is 5.43. The van der Waals surface area contributed by atoms with Crippen LogP contribution >= 0.6 is 0 Å². The third-order valence-corrected chi connectivity index (χ3v) is 4.31. The van der Waals surface area contributed by atoms with Gasteiger partial charge >= 0.3 is 0 Å². The van der Waals surface area contributed by atoms with Crippen molar-refractivity contribution in [3.8, 4) is 11.8 Å². The Morgan fingerprint density at radius 2 is 1.93 bits per heavy atom. The molecule has 2 aromatic carbocycles. The smallest absolute Gasteiger partial charge is 0.255 e. The minimum atomic E-state index is -0.154. The molecule has 0 aliphatic carbocycles. The maximum Gasteiger partial charge on any atom is 0.255 e. The van der Waals surface area contributed by atoms with Gasteiger partial charge in [0.15, 0.2) is 0 Å². The van der Waals surface area contributed by atoms with Gasteiger partial charge in [-0.2, -0.15) is 0 Å². The third-order valence-electron chi connectivity index (χ3n) is 4.31. The monoisotopic (exact) mass is 354 g/mol. The zero-order chi connectivity index (χ0) is 18.5. The number of anilines is 2. The number of nitrogens with one attached hydrogen (secondary N) is 2. The minimum absolute atomic E-state index is 0.154. The molecule has 2 heterocycles. The molecule has 0 bridgehead atoms. The summed E-state index contributed by atoms with van der Waals surface area (Å²) < 4.78 is 0. The van der Waals surface area contributed by atoms with Crippen molar-refractivity contribution in [3.63, 3.8) is 0 Å². The lowest BCUT2D eigenvalue weighted by Crippen LogP contribution is -2.14. The lowest BCUT2D eigenvalue weighted by Gasteiger charge is -2.18. The van der Waals surface area contributed by atoms with Gasteiger partial charge in [-0.05, 0) is 66.8 Å². The minimum Gasteiger partial charge on any atom is -0.385 e. The number of benzene rings is 2. The number of nitrogens with zero attached hydrogens (tertiary/aromatic N) is 2. The average Bonchev–Trinajstić information content (AvgIpc) is 2.73. The highest BCUT2D eigenvalue weighted by molar-refractivity contribution is 6.04. The topological polar surface area (TPSA) is 66.9 Å². The predicted octanol–water partition coefficient (Wildman–Crippen LogP) is 3.49. The van der Waals surface area contributed by atoms with Crippen LogP contribution in [0.4, 0.5) is 11.4 Å². The summed E-state index contributed by atoms with van der Waals surface area (Å²) in [6.45, 7) is 1.00. The van der Waals surface area contributed by atoms with Crippen molar-refractivity contribution in [2.45, 2.75) is 12.8 Å². The van der Waals surface area contributed by atoms with Gasteiger partial charge in [0.25, 0.3) is 5.91 Å². The van der Waals surface area contributed by atoms with Crippen molar-refractivity contribution in [1.29, 1.82) is 0 Å². The van der Waals surface area contributed by atoms with Crippen molar-refractivity contribution < 1.29 is 4.79 Å². The van der Waals surface area contributed by atoms with Crippen LogP contribution in [0.1, 0.15) is 33.7 Å². The zero-order valence-electron chi connectivity index (χ0n) is 14.7. The number of aryl methyl sites for hydroxylation is 1. The Morgan fingerprint density at radius 1 is 1.04 bits per heavy atom. The SMILES string of the molecule is O=C(Nc1ccc2c(c1)CCCN2)c1cccc(C#Cc2ncccn2)c1. The van der Waals surface area contributed by atoms with Crippen LogP contribution in [0.25, 0.3) is 0 Å². The molecule has 132 valence electrons. The number of carbonyl (C=O) groups excluding carboxylic acids is 1. The summed E-state index contributed by atoms with van der Waals surface area (Å²) in [5, 5.41) is 6.34. The van der Waals surface area contributed by atoms with Gasteiger partial charge in [0.2, 0.25) is 5.82 Å². The predicted molar refractivity (Wildman–Crippen MR) is 106 cm³/mol. The molecule has 0 spiro atoms. The summed E-state index contributed by atoms with van der Waals surface area (Å²) in [5.41, 5.74) is 4.49. The molecular formula is C22H18N4O. The molecule has 1 aliphatic heterocycles. The summed E-state index contributed by atoms with van der Waals surface area (Å²) in [5.74, 6) is 6.20. The zero-order valence-corrected chi connectivity index (χ0v) is 14.7. The lowest BCUT2D eigenvalue weighted by molar-refractivity contribution is 0.102. The fourth-order valence-corrected chi connectivity index (χ4v) is 2.99. The van der Waals surface area contributed by atoms with E-state index in [0.29, 0.717) is 11.4 Å². The van der Waals surface area contributed by atoms with Crippen molar-refractivity contribution in [1.82, 2.24) is 9.97 Å². The van der Waals surface area contributed by atoms with E-state index in [2.05, 4.69) is 32.4 Å². The molecule has 0 radical (unpaired) electrons. The average molecular weight is 354 g/mol. The lowest BCUT2D eigenvalue weighted by atomic mass is 10.0. The molecule has 0 atom stereocenters. The molecule has 2 N–H and O–H groups in total. The molecule has 0 fully saturated rings. The first kappa shape index (κ1) is 16.8. The summed E-state index contributed by atoms with van der Waals surface area (Å²) >= 11 is 0. The van der Waals surface area contributed by atoms with Gasteiger partial charge in [-0.1, -0.05) is 12.0 Å². The molecule has 0 saturated heterocycles. The van der Waals surface area contributed by atoms with Crippen molar-refractivity contribution in [3.05, 3.63) is 83.4 Å². The fraction of sp³-hybridized carbons (Fsp3) is 0.136. The van der Waals surface area contributed by atoms with E-state index >= 15 is 0 Å². The first-order valence-electron chi connectivity index (χ1n) is 8.85. The first-order valence-corrected chi connectivity index (χ1v) is 8.85. The largest absolute Gasteiger partial charge is 0.385 e. The van der Waals surface area contributed by atoms with Crippen molar-refractivity contribution in [2.75, 3.05) is 17.2 Å². The number of rotatable bonds is 2. The Balaban J connectivity index is 1.50. The molecule has 0 saturated carbocycles. The van der Waals surface area contributed by atoms with Crippen LogP contribution in [0, 0.1) is 11.8 Å². The maximum atomic E-state index is 12.6. The number of fused-ring (bicyclic) bond motifs is 1. The second-order valence-corrected chi connectivity index (χ2v) is 6.26. The van der Waals surface area contributed by atoms with E-state index in [9.17, 15) is 4.79 Å². The van der Waals surface area contributed by atoms with E-state index < -0.39 is 0 Å². The van der Waals surface area contributed by atoms with E-state index in [1.165, 1.54) is 5.56 Å². The van der Waals surface area contributed by atoms with Gasteiger partial charge in [0, 0.05) is 41.4 Å². The van der Waals surface area contributed by atoms with Crippen LogP contribution in [-0.4, -0.2) is 22.4 Å². The van der Waals surface area contributed by atoms with Gasteiger partial charge in [0.1, 0.15) is 0 Å². The highest BCUT2D eigenvalue weighted by Crippen LogP contribution is 2.25. The molecular weight excluding hydrogens is 336 g/mol. The number of hydrogen-bond acceptors (Lipinski definition) is 4. The summed E-state index contributed by atoms with van der Waals surface area (Å²) in [6, 6.07) is 14.9. The second kappa shape index (κ2) is 7.71. The Hall–Kier alpha value is -3.65. The Labute approximate surface area is 157 Å². The van der Waals surface area contributed by atoms with Crippen LogP contribution in [0.2, 0.25) is 0 Å². The normalized spacial score (nSPS) is 12.1. The highest BCUT2D eigenvalue weighted by atomic mass is 16.1. The van der Waals surface area contributed by atoms with Gasteiger partial charge < -0.3 is 10.6 Å². The van der Waals surface area contributed by atoms with Gasteiger partial charge in [-0.3, -0.25) is 4.79 Å². The molecule has 5 nitrogen and oxygen atoms in total. The maximum absolute atomic E-state index is 12.6. The molecule has 1 aliphatic rings. The van der Waals surface area contributed by atoms with Crippen LogP contribution in [-0.2, 0) is 6.42 Å². The standard InChI is InChI=1S/C22H18N4O/c27-22(26-19-8-9-20-17(15-19)6-2-11-23-20)18-5-1-4-16(14-18)7-10-21-24-12-3-13-25-21/h1,3-5,8-9,12-15,23H,2,6,11H2,(H,26,27). The van der Waals surface area contributed by atoms with E-state index in [4.69, 9.17) is 0 Å². The number of hydrogen-bond donors (Lipinski definition) is 2. The molecule has 0 unspecified atom stereocenters. The molecule has 27 heavy (non-hydrogen) atoms. The van der Waals surface area contributed by atoms with Crippen LogP contribution < -0.4 is 10.6 Å². The molecule has 1 amide bonds. The van der Waals surface area contributed by atoms with Crippen molar-refractivity contribution >= 4 is 17.3 Å². The Morgan fingerprint density at radius 3 is 2.81 bits per heavy atom. The van der Waals surface area contributed by atoms with E-state index in [-0.39, 0.29) is 5.91 Å². The number of carbonyl (C=O) groups is 1. The van der Waals surface area contributed by atoms with E-state index in [0.717, 1.165) is 36.3 Å². The first-order chi connectivity index (χ1) is 13.3. The van der Waals surface area contributed by atoms with Crippen molar-refractivity contribution in [2.24, 2.45) is 0 Å².